The number of benzene rings is 3. The molecular weight excluding hydrogens is 340 g/mol. The van der Waals surface area contributed by atoms with Crippen LogP contribution >= 0.6 is 0 Å². The second kappa shape index (κ2) is 8.58. The number of rotatable bonds is 6. The quantitative estimate of drug-likeness (QED) is 0.400. The summed E-state index contributed by atoms with van der Waals surface area (Å²) in [7, 11) is 0. The average Bonchev–Trinajstić information content (AvgIpc) is 2.72. The highest BCUT2D eigenvalue weighted by molar-refractivity contribution is 5.92. The van der Waals surface area contributed by atoms with Crippen molar-refractivity contribution >= 4 is 17.7 Å². The lowest BCUT2D eigenvalue weighted by molar-refractivity contribution is -0.384. The number of nitro groups is 1. The van der Waals surface area contributed by atoms with Gasteiger partial charge in [-0.3, -0.25) is 14.9 Å². The van der Waals surface area contributed by atoms with Gasteiger partial charge in [-0.15, -0.1) is 0 Å². The van der Waals surface area contributed by atoms with E-state index in [-0.39, 0.29) is 17.6 Å². The Morgan fingerprint density at radius 2 is 1.37 bits per heavy atom. The van der Waals surface area contributed by atoms with Gasteiger partial charge in [-0.1, -0.05) is 60.7 Å². The van der Waals surface area contributed by atoms with Crippen molar-refractivity contribution in [1.29, 1.82) is 0 Å². The number of non-ortho nitro benzene ring substituents is 1. The molecule has 5 heteroatoms. The third-order valence-corrected chi connectivity index (χ3v) is 4.08. The van der Waals surface area contributed by atoms with E-state index in [1.54, 1.807) is 18.2 Å². The van der Waals surface area contributed by atoms with Crippen molar-refractivity contribution in [3.05, 3.63) is 118 Å². The molecule has 3 rings (SSSR count). The Balaban J connectivity index is 1.75. The number of nitrogens with zero attached hydrogens (tertiary/aromatic N) is 1. The second-order valence-electron chi connectivity index (χ2n) is 5.94. The van der Waals surface area contributed by atoms with E-state index >= 15 is 0 Å². The molecule has 0 aliphatic carbocycles. The third-order valence-electron chi connectivity index (χ3n) is 4.08. The van der Waals surface area contributed by atoms with Crippen LogP contribution < -0.4 is 5.32 Å². The summed E-state index contributed by atoms with van der Waals surface area (Å²) in [6, 6.07) is 25.3. The van der Waals surface area contributed by atoms with E-state index in [1.165, 1.54) is 18.2 Å². The normalized spacial score (nSPS) is 10.9. The maximum atomic E-state index is 12.4. The largest absolute Gasteiger partial charge is 0.342 e. The summed E-state index contributed by atoms with van der Waals surface area (Å²) >= 11 is 0. The molecule has 0 spiro atoms. The minimum absolute atomic E-state index is 0.0184. The molecule has 0 unspecified atom stereocenters. The molecule has 3 aromatic carbocycles. The molecule has 0 heterocycles. The Morgan fingerprint density at radius 3 is 1.85 bits per heavy atom. The van der Waals surface area contributed by atoms with Crippen molar-refractivity contribution in [1.82, 2.24) is 5.32 Å². The van der Waals surface area contributed by atoms with Crippen LogP contribution in [0, 0.1) is 10.1 Å². The van der Waals surface area contributed by atoms with Gasteiger partial charge in [0, 0.05) is 18.2 Å². The van der Waals surface area contributed by atoms with E-state index in [1.807, 2.05) is 60.7 Å². The van der Waals surface area contributed by atoms with Crippen LogP contribution in [-0.4, -0.2) is 10.8 Å². The first-order chi connectivity index (χ1) is 13.1. The van der Waals surface area contributed by atoms with Crippen molar-refractivity contribution in [3.63, 3.8) is 0 Å². The zero-order chi connectivity index (χ0) is 19.1. The Bertz CT molecular complexity index is 897. The van der Waals surface area contributed by atoms with Gasteiger partial charge in [0.25, 0.3) is 5.69 Å². The molecule has 0 atom stereocenters. The molecular formula is C22H18N2O3. The minimum Gasteiger partial charge on any atom is -0.342 e. The fourth-order valence-corrected chi connectivity index (χ4v) is 2.72. The zero-order valence-corrected chi connectivity index (χ0v) is 14.5. The molecule has 3 aromatic rings. The van der Waals surface area contributed by atoms with Gasteiger partial charge >= 0.3 is 0 Å². The van der Waals surface area contributed by atoms with Gasteiger partial charge in [-0.2, -0.15) is 0 Å². The Kier molecular flexibility index (Phi) is 5.74. The molecule has 0 saturated heterocycles. The first-order valence-corrected chi connectivity index (χ1v) is 8.46. The SMILES string of the molecule is O=C(C=Cc1ccc([N+](=O)[O-])cc1)NC(c1ccccc1)c1ccccc1. The van der Waals surface area contributed by atoms with Crippen LogP contribution in [0.2, 0.25) is 0 Å². The van der Waals surface area contributed by atoms with E-state index < -0.39 is 4.92 Å². The van der Waals surface area contributed by atoms with Crippen LogP contribution in [-0.2, 0) is 4.79 Å². The molecule has 0 radical (unpaired) electrons. The number of carbonyl (C=O) groups excluding carboxylic acids is 1. The van der Waals surface area contributed by atoms with Gasteiger partial charge in [-0.25, -0.2) is 0 Å². The van der Waals surface area contributed by atoms with E-state index in [9.17, 15) is 14.9 Å². The molecule has 0 aliphatic rings. The topological polar surface area (TPSA) is 72.2 Å². The molecule has 27 heavy (non-hydrogen) atoms. The number of nitro benzene ring substituents is 1. The summed E-state index contributed by atoms with van der Waals surface area (Å²) in [5.74, 6) is -0.244. The number of amides is 1. The van der Waals surface area contributed by atoms with Crippen LogP contribution in [0.15, 0.2) is 91.0 Å². The number of carbonyl (C=O) groups is 1. The summed E-state index contributed by atoms with van der Waals surface area (Å²) < 4.78 is 0. The maximum absolute atomic E-state index is 12.4. The lowest BCUT2D eigenvalue weighted by atomic mass is 9.98. The van der Waals surface area contributed by atoms with Crippen LogP contribution in [0.5, 0.6) is 0 Å². The van der Waals surface area contributed by atoms with Crippen molar-refractivity contribution in [2.45, 2.75) is 6.04 Å². The smallest absolute Gasteiger partial charge is 0.269 e. The number of hydrogen-bond donors (Lipinski definition) is 1. The fourth-order valence-electron chi connectivity index (χ4n) is 2.72. The summed E-state index contributed by atoms with van der Waals surface area (Å²) in [4.78, 5) is 22.7. The number of hydrogen-bond acceptors (Lipinski definition) is 3. The zero-order valence-electron chi connectivity index (χ0n) is 14.5. The summed E-state index contributed by atoms with van der Waals surface area (Å²) in [6.07, 6.45) is 3.06. The highest BCUT2D eigenvalue weighted by Gasteiger charge is 2.15. The highest BCUT2D eigenvalue weighted by Crippen LogP contribution is 2.21. The van der Waals surface area contributed by atoms with Crippen molar-refractivity contribution < 1.29 is 9.72 Å². The van der Waals surface area contributed by atoms with E-state index in [0.717, 1.165) is 11.1 Å². The van der Waals surface area contributed by atoms with Crippen LogP contribution in [0.1, 0.15) is 22.7 Å². The van der Waals surface area contributed by atoms with E-state index in [2.05, 4.69) is 5.32 Å². The second-order valence-corrected chi connectivity index (χ2v) is 5.94. The van der Waals surface area contributed by atoms with Crippen LogP contribution in [0.4, 0.5) is 5.69 Å². The van der Waals surface area contributed by atoms with Gasteiger partial charge in [-0.05, 0) is 34.9 Å². The van der Waals surface area contributed by atoms with Crippen molar-refractivity contribution in [2.24, 2.45) is 0 Å². The van der Waals surface area contributed by atoms with Crippen molar-refractivity contribution in [3.8, 4) is 0 Å². The summed E-state index contributed by atoms with van der Waals surface area (Å²) in [6.45, 7) is 0. The van der Waals surface area contributed by atoms with Crippen LogP contribution in [0.3, 0.4) is 0 Å². The van der Waals surface area contributed by atoms with Gasteiger partial charge in [0.05, 0.1) is 11.0 Å². The average molecular weight is 358 g/mol. The lowest BCUT2D eigenvalue weighted by Crippen LogP contribution is -2.27. The number of nitrogens with one attached hydrogen (secondary N) is 1. The summed E-state index contributed by atoms with van der Waals surface area (Å²) in [5, 5.41) is 13.7. The Morgan fingerprint density at radius 1 is 0.852 bits per heavy atom. The first-order valence-electron chi connectivity index (χ1n) is 8.46. The molecule has 0 saturated carbocycles. The van der Waals surface area contributed by atoms with E-state index in [0.29, 0.717) is 5.56 Å². The molecule has 1 amide bonds. The van der Waals surface area contributed by atoms with Crippen LogP contribution in [0.25, 0.3) is 6.08 Å². The van der Waals surface area contributed by atoms with Gasteiger partial charge < -0.3 is 5.32 Å². The highest BCUT2D eigenvalue weighted by atomic mass is 16.6. The molecule has 0 bridgehead atoms. The monoisotopic (exact) mass is 358 g/mol. The molecule has 1 N–H and O–H groups in total. The molecule has 5 nitrogen and oxygen atoms in total. The Hall–Kier alpha value is -3.73. The predicted molar refractivity (Wildman–Crippen MR) is 105 cm³/mol. The molecule has 134 valence electrons. The van der Waals surface area contributed by atoms with Gasteiger partial charge in [0.15, 0.2) is 0 Å². The molecule has 0 fully saturated rings. The van der Waals surface area contributed by atoms with E-state index in [4.69, 9.17) is 0 Å². The third kappa shape index (κ3) is 4.89. The van der Waals surface area contributed by atoms with Gasteiger partial charge in [0.1, 0.15) is 0 Å². The van der Waals surface area contributed by atoms with Gasteiger partial charge in [0.2, 0.25) is 5.91 Å². The minimum atomic E-state index is -0.454. The molecule has 0 aromatic heterocycles. The Labute approximate surface area is 157 Å². The maximum Gasteiger partial charge on any atom is 0.269 e. The van der Waals surface area contributed by atoms with Crippen molar-refractivity contribution in [2.75, 3.05) is 0 Å². The molecule has 0 aliphatic heterocycles. The first kappa shape index (κ1) is 18.1. The lowest BCUT2D eigenvalue weighted by Gasteiger charge is -2.19. The standard InChI is InChI=1S/C22H18N2O3/c25-21(16-13-17-11-14-20(15-12-17)24(26)27)23-22(18-7-3-1-4-8-18)19-9-5-2-6-10-19/h1-16,22H,(H,23,25). The fraction of sp³-hybridized carbons (Fsp3) is 0.0455. The predicted octanol–water partition coefficient (Wildman–Crippen LogP) is 4.51. The summed E-state index contributed by atoms with van der Waals surface area (Å²) in [5.41, 5.74) is 2.71.